The monoisotopic (exact) mass is 458 g/mol. The number of carbonyl (C=O) groups is 1. The van der Waals surface area contributed by atoms with Crippen LogP contribution in [0.15, 0.2) is 47.7 Å². The third-order valence-electron chi connectivity index (χ3n) is 6.86. The highest BCUT2D eigenvalue weighted by molar-refractivity contribution is 6.04. The Morgan fingerprint density at radius 1 is 0.971 bits per heavy atom. The van der Waals surface area contributed by atoms with Crippen LogP contribution in [0, 0.1) is 12.3 Å². The van der Waals surface area contributed by atoms with Crippen LogP contribution in [0.4, 0.5) is 5.69 Å². The van der Waals surface area contributed by atoms with Crippen molar-refractivity contribution in [3.63, 3.8) is 0 Å². The maximum atomic E-state index is 13.7. The number of allylic oxidation sites excluding steroid dienone is 2. The van der Waals surface area contributed by atoms with Crippen LogP contribution in [0.1, 0.15) is 49.4 Å². The van der Waals surface area contributed by atoms with Crippen molar-refractivity contribution >= 4 is 22.4 Å². The molecule has 5 rings (SSSR count). The van der Waals surface area contributed by atoms with Gasteiger partial charge >= 0.3 is 0 Å². The molecule has 1 atom stereocenters. The lowest BCUT2D eigenvalue weighted by Gasteiger charge is -2.40. The number of ether oxygens (including phenoxy) is 3. The van der Waals surface area contributed by atoms with Gasteiger partial charge in [-0.1, -0.05) is 19.9 Å². The van der Waals surface area contributed by atoms with Gasteiger partial charge in [-0.25, -0.2) is 0 Å². The number of methoxy groups -OCH3 is 3. The molecule has 0 amide bonds. The van der Waals surface area contributed by atoms with Crippen molar-refractivity contribution in [2.45, 2.75) is 39.5 Å². The molecule has 3 aromatic rings. The van der Waals surface area contributed by atoms with Crippen LogP contribution in [0.2, 0.25) is 0 Å². The Morgan fingerprint density at radius 2 is 1.68 bits per heavy atom. The van der Waals surface area contributed by atoms with Gasteiger partial charge in [-0.15, -0.1) is 0 Å². The molecular formula is C28H30N2O4. The Morgan fingerprint density at radius 3 is 2.32 bits per heavy atom. The zero-order chi connectivity index (χ0) is 24.2. The Bertz CT molecular complexity index is 1330. The number of ketones is 1. The van der Waals surface area contributed by atoms with Crippen LogP contribution in [0.5, 0.6) is 17.2 Å². The molecule has 1 aliphatic carbocycles. The molecule has 176 valence electrons. The van der Waals surface area contributed by atoms with Crippen molar-refractivity contribution in [3.05, 3.63) is 64.5 Å². The van der Waals surface area contributed by atoms with Gasteiger partial charge in [0.05, 0.1) is 26.8 Å². The number of rotatable bonds is 4. The van der Waals surface area contributed by atoms with Gasteiger partial charge in [0.2, 0.25) is 5.75 Å². The number of hydrogen-bond donors (Lipinski definition) is 1. The summed E-state index contributed by atoms with van der Waals surface area (Å²) in [5.41, 5.74) is 6.54. The van der Waals surface area contributed by atoms with E-state index in [4.69, 9.17) is 19.2 Å². The van der Waals surface area contributed by atoms with E-state index < -0.39 is 0 Å². The zero-order valence-corrected chi connectivity index (χ0v) is 20.5. The molecule has 2 aliphatic rings. The van der Waals surface area contributed by atoms with E-state index in [-0.39, 0.29) is 17.1 Å². The van der Waals surface area contributed by atoms with Crippen LogP contribution in [-0.4, -0.2) is 32.1 Å². The molecule has 6 nitrogen and oxygen atoms in total. The molecule has 0 fully saturated rings. The third kappa shape index (κ3) is 3.49. The molecule has 6 heteroatoms. The summed E-state index contributed by atoms with van der Waals surface area (Å²) in [6, 6.07) is 12.2. The smallest absolute Gasteiger partial charge is 0.203 e. The Balaban J connectivity index is 1.84. The standard InChI is InChI=1S/C28H30N2O4/c1-15-7-8-17-18(29-15)9-10-19-25(17)24(26-20(30-19)13-28(2,3)14-21(26)31)16-11-22(32-4)27(34-6)23(12-16)33-5/h7-12,24,30H,13-14H2,1-6H3. The van der Waals surface area contributed by atoms with Gasteiger partial charge in [0.25, 0.3) is 0 Å². The van der Waals surface area contributed by atoms with Crippen molar-refractivity contribution in [2.75, 3.05) is 26.6 Å². The fourth-order valence-corrected chi connectivity index (χ4v) is 5.44. The van der Waals surface area contributed by atoms with Gasteiger partial charge in [-0.2, -0.15) is 0 Å². The molecule has 1 aliphatic heterocycles. The summed E-state index contributed by atoms with van der Waals surface area (Å²) in [5, 5.41) is 4.64. The first kappa shape index (κ1) is 22.3. The van der Waals surface area contributed by atoms with Gasteiger partial charge in [-0.3, -0.25) is 9.78 Å². The van der Waals surface area contributed by atoms with Crippen LogP contribution < -0.4 is 19.5 Å². The summed E-state index contributed by atoms with van der Waals surface area (Å²) in [6.45, 7) is 6.28. The number of carbonyl (C=O) groups excluding carboxylic acids is 1. The SMILES string of the molecule is COc1cc(C2C3=C(CC(C)(C)CC3=O)Nc3ccc4nc(C)ccc4c32)cc(OC)c1OC. The third-order valence-corrected chi connectivity index (χ3v) is 6.86. The fourth-order valence-electron chi connectivity index (χ4n) is 5.44. The second-order valence-electron chi connectivity index (χ2n) is 9.90. The van der Waals surface area contributed by atoms with Crippen molar-refractivity contribution in [1.82, 2.24) is 4.98 Å². The number of benzene rings is 2. The van der Waals surface area contributed by atoms with Gasteiger partial charge < -0.3 is 19.5 Å². The molecule has 34 heavy (non-hydrogen) atoms. The Hall–Kier alpha value is -3.54. The van der Waals surface area contributed by atoms with Crippen LogP contribution in [0.3, 0.4) is 0 Å². The molecular weight excluding hydrogens is 428 g/mol. The maximum Gasteiger partial charge on any atom is 0.203 e. The maximum absolute atomic E-state index is 13.7. The second-order valence-corrected chi connectivity index (χ2v) is 9.90. The Kier molecular flexibility index (Phi) is 5.27. The van der Waals surface area contributed by atoms with E-state index in [2.05, 4.69) is 31.3 Å². The first-order chi connectivity index (χ1) is 16.3. The summed E-state index contributed by atoms with van der Waals surface area (Å²) in [7, 11) is 4.81. The highest BCUT2D eigenvalue weighted by Crippen LogP contribution is 2.52. The number of nitrogens with zero attached hydrogens (tertiary/aromatic N) is 1. The summed E-state index contributed by atoms with van der Waals surface area (Å²) in [5.74, 6) is 1.55. The van der Waals surface area contributed by atoms with Crippen molar-refractivity contribution in [1.29, 1.82) is 0 Å². The molecule has 2 aromatic carbocycles. The summed E-state index contributed by atoms with van der Waals surface area (Å²) in [6.07, 6.45) is 1.31. The number of Topliss-reactive ketones (excluding diaryl/α,β-unsaturated/α-hetero) is 1. The lowest BCUT2D eigenvalue weighted by molar-refractivity contribution is -0.118. The fraction of sp³-hybridized carbons (Fsp3) is 0.357. The van der Waals surface area contributed by atoms with Gasteiger partial charge in [-0.05, 0) is 60.2 Å². The van der Waals surface area contributed by atoms with E-state index in [0.29, 0.717) is 23.7 Å². The number of aryl methyl sites for hydroxylation is 1. The number of aromatic nitrogens is 1. The lowest BCUT2D eigenvalue weighted by Crippen LogP contribution is -2.34. The van der Waals surface area contributed by atoms with Gasteiger partial charge in [0.15, 0.2) is 17.3 Å². The summed E-state index contributed by atoms with van der Waals surface area (Å²) < 4.78 is 16.9. The predicted octanol–water partition coefficient (Wildman–Crippen LogP) is 5.77. The van der Waals surface area contributed by atoms with Crippen LogP contribution >= 0.6 is 0 Å². The molecule has 0 radical (unpaired) electrons. The molecule has 1 N–H and O–H groups in total. The number of fused-ring (bicyclic) bond motifs is 3. The van der Waals surface area contributed by atoms with Gasteiger partial charge in [0.1, 0.15) is 0 Å². The van der Waals surface area contributed by atoms with Crippen LogP contribution in [-0.2, 0) is 4.79 Å². The molecule has 1 unspecified atom stereocenters. The molecule has 2 heterocycles. The average molecular weight is 459 g/mol. The molecule has 0 spiro atoms. The van der Waals surface area contributed by atoms with E-state index >= 15 is 0 Å². The second kappa shape index (κ2) is 8.05. The summed E-state index contributed by atoms with van der Waals surface area (Å²) >= 11 is 0. The highest BCUT2D eigenvalue weighted by atomic mass is 16.5. The molecule has 0 saturated heterocycles. The van der Waals surface area contributed by atoms with E-state index in [9.17, 15) is 4.79 Å². The number of anilines is 1. The van der Waals surface area contributed by atoms with E-state index in [1.807, 2.05) is 31.2 Å². The first-order valence-corrected chi connectivity index (χ1v) is 11.5. The average Bonchev–Trinajstić information content (AvgIpc) is 2.80. The minimum Gasteiger partial charge on any atom is -0.493 e. The predicted molar refractivity (Wildman–Crippen MR) is 133 cm³/mol. The largest absolute Gasteiger partial charge is 0.493 e. The van der Waals surface area contributed by atoms with E-state index in [1.165, 1.54) is 0 Å². The van der Waals surface area contributed by atoms with Gasteiger partial charge in [0, 0.05) is 40.4 Å². The van der Waals surface area contributed by atoms with E-state index in [0.717, 1.165) is 51.1 Å². The van der Waals surface area contributed by atoms with Crippen molar-refractivity contribution in [3.8, 4) is 17.2 Å². The van der Waals surface area contributed by atoms with Crippen molar-refractivity contribution in [2.24, 2.45) is 5.41 Å². The number of nitrogens with one attached hydrogen (secondary N) is 1. The quantitative estimate of drug-likeness (QED) is 0.535. The minimum atomic E-state index is -0.281. The van der Waals surface area contributed by atoms with Crippen molar-refractivity contribution < 1.29 is 19.0 Å². The number of pyridine rings is 1. The first-order valence-electron chi connectivity index (χ1n) is 11.5. The Labute approximate surface area is 199 Å². The van der Waals surface area contributed by atoms with Crippen LogP contribution in [0.25, 0.3) is 10.9 Å². The van der Waals surface area contributed by atoms with E-state index in [1.54, 1.807) is 21.3 Å². The topological polar surface area (TPSA) is 69.7 Å². The molecule has 1 aromatic heterocycles. The normalized spacial score (nSPS) is 18.8. The minimum absolute atomic E-state index is 0.101. The molecule has 0 saturated carbocycles. The summed E-state index contributed by atoms with van der Waals surface area (Å²) in [4.78, 5) is 18.4. The number of hydrogen-bond acceptors (Lipinski definition) is 6. The molecule has 0 bridgehead atoms. The zero-order valence-electron chi connectivity index (χ0n) is 20.5. The highest BCUT2D eigenvalue weighted by Gasteiger charge is 2.41. The lowest BCUT2D eigenvalue weighted by atomic mass is 9.68.